The smallest absolute Gasteiger partial charge is 0.321 e. The minimum Gasteiger partial charge on any atom is -0.454 e. The molecule has 0 aromatic heterocycles. The molecule has 2 aliphatic rings. The van der Waals surface area contributed by atoms with Crippen LogP contribution in [0.3, 0.4) is 0 Å². The number of amidine groups is 1. The van der Waals surface area contributed by atoms with E-state index in [0.717, 1.165) is 39.8 Å². The third kappa shape index (κ3) is 4.49. The maximum absolute atomic E-state index is 12.9. The van der Waals surface area contributed by atoms with Crippen molar-refractivity contribution in [3.8, 4) is 11.5 Å². The van der Waals surface area contributed by atoms with Crippen LogP contribution in [-0.2, 0) is 0 Å². The Bertz CT molecular complexity index is 1230. The minimum absolute atomic E-state index is 0.0655. The number of amides is 2. The molecule has 2 amide bonds. The number of rotatable bonds is 2. The van der Waals surface area contributed by atoms with Gasteiger partial charge < -0.3 is 19.9 Å². The zero-order chi connectivity index (χ0) is 23.7. The number of hydrogen-bond donors (Lipinski definition) is 1. The number of fused-ring (bicyclic) bond motifs is 2. The highest BCUT2D eigenvalue weighted by molar-refractivity contribution is 6.04. The van der Waals surface area contributed by atoms with E-state index in [2.05, 4.69) is 42.3 Å². The number of hydrogen-bond acceptors (Lipinski definition) is 4. The number of anilines is 1. The molecule has 1 saturated heterocycles. The lowest BCUT2D eigenvalue weighted by Crippen LogP contribution is -2.51. The van der Waals surface area contributed by atoms with E-state index >= 15 is 0 Å². The number of carbonyl (C=O) groups is 1. The van der Waals surface area contributed by atoms with E-state index in [4.69, 9.17) is 9.73 Å². The molecule has 1 fully saturated rings. The summed E-state index contributed by atoms with van der Waals surface area (Å²) in [5, 5.41) is 3.03. The summed E-state index contributed by atoms with van der Waals surface area (Å²) in [4.78, 5) is 22.0. The number of nitrogens with one attached hydrogen (secondary N) is 1. The van der Waals surface area contributed by atoms with Crippen LogP contribution in [0.25, 0.3) is 0 Å². The zero-order valence-electron chi connectivity index (χ0n) is 19.9. The van der Waals surface area contributed by atoms with Crippen molar-refractivity contribution in [2.75, 3.05) is 31.5 Å². The van der Waals surface area contributed by atoms with Crippen LogP contribution in [0.4, 0.5) is 16.2 Å². The molecule has 0 aliphatic carbocycles. The zero-order valence-corrected chi connectivity index (χ0v) is 19.9. The summed E-state index contributed by atoms with van der Waals surface area (Å²) < 4.78 is 6.24. The van der Waals surface area contributed by atoms with Crippen molar-refractivity contribution in [1.29, 1.82) is 0 Å². The van der Waals surface area contributed by atoms with Gasteiger partial charge in [-0.15, -0.1) is 0 Å². The summed E-state index contributed by atoms with van der Waals surface area (Å²) in [7, 11) is 0. The molecule has 5 rings (SSSR count). The van der Waals surface area contributed by atoms with Crippen molar-refractivity contribution in [2.45, 2.75) is 26.7 Å². The Morgan fingerprint density at radius 2 is 1.68 bits per heavy atom. The van der Waals surface area contributed by atoms with Gasteiger partial charge in [0.05, 0.1) is 5.56 Å². The summed E-state index contributed by atoms with van der Waals surface area (Å²) in [6.07, 6.45) is 0. The van der Waals surface area contributed by atoms with Gasteiger partial charge in [-0.25, -0.2) is 9.79 Å². The molecular weight excluding hydrogens is 424 g/mol. The van der Waals surface area contributed by atoms with Gasteiger partial charge in [-0.3, -0.25) is 0 Å². The number of carbonyl (C=O) groups excluding carboxylic acids is 1. The first-order valence-corrected chi connectivity index (χ1v) is 11.9. The lowest BCUT2D eigenvalue weighted by atomic mass is 10.0. The molecule has 2 heterocycles. The Labute approximate surface area is 200 Å². The van der Waals surface area contributed by atoms with E-state index in [9.17, 15) is 4.79 Å². The largest absolute Gasteiger partial charge is 0.454 e. The van der Waals surface area contributed by atoms with Crippen molar-refractivity contribution in [1.82, 2.24) is 9.80 Å². The second kappa shape index (κ2) is 9.21. The first-order chi connectivity index (χ1) is 16.5. The second-order valence-electron chi connectivity index (χ2n) is 9.19. The maximum atomic E-state index is 12.9. The van der Waals surface area contributed by atoms with E-state index in [-0.39, 0.29) is 6.03 Å². The van der Waals surface area contributed by atoms with E-state index in [1.807, 2.05) is 60.4 Å². The Balaban J connectivity index is 1.31. The molecule has 6 heteroatoms. The standard InChI is InChI=1S/C28H30N4O2/c1-19(2)21-9-11-22(12-10-21)29-28(33)32-16-14-31(15-17-32)27-23-6-4-5-7-25(23)34-26-18-20(3)8-13-24(26)30-27/h4-13,18-19H,14-17H2,1-3H3,(H,29,33). The van der Waals surface area contributed by atoms with Gasteiger partial charge in [0.1, 0.15) is 17.3 Å². The van der Waals surface area contributed by atoms with E-state index in [1.54, 1.807) is 0 Å². The third-order valence-corrected chi connectivity index (χ3v) is 6.38. The van der Waals surface area contributed by atoms with Gasteiger partial charge in [-0.1, -0.05) is 44.2 Å². The molecule has 0 atom stereocenters. The van der Waals surface area contributed by atoms with Crippen LogP contribution in [-0.4, -0.2) is 47.8 Å². The normalized spacial score (nSPS) is 15.1. The molecule has 174 valence electrons. The van der Waals surface area contributed by atoms with Gasteiger partial charge in [-0.2, -0.15) is 0 Å². The lowest BCUT2D eigenvalue weighted by molar-refractivity contribution is 0.181. The number of ether oxygens (including phenoxy) is 1. The molecule has 6 nitrogen and oxygen atoms in total. The Hall–Kier alpha value is -3.80. The Morgan fingerprint density at radius 1 is 0.941 bits per heavy atom. The summed E-state index contributed by atoms with van der Waals surface area (Å²) in [6.45, 7) is 9.03. The highest BCUT2D eigenvalue weighted by atomic mass is 16.5. The Morgan fingerprint density at radius 3 is 2.41 bits per heavy atom. The fourth-order valence-electron chi connectivity index (χ4n) is 4.34. The van der Waals surface area contributed by atoms with E-state index in [0.29, 0.717) is 32.1 Å². The average molecular weight is 455 g/mol. The van der Waals surface area contributed by atoms with Crippen LogP contribution in [0, 0.1) is 6.92 Å². The Kier molecular flexibility index (Phi) is 5.97. The highest BCUT2D eigenvalue weighted by Crippen LogP contribution is 2.38. The van der Waals surface area contributed by atoms with Crippen molar-refractivity contribution in [3.63, 3.8) is 0 Å². The van der Waals surface area contributed by atoms with Gasteiger partial charge in [0.25, 0.3) is 0 Å². The number of urea groups is 1. The molecule has 0 bridgehead atoms. The number of benzene rings is 3. The molecule has 2 aliphatic heterocycles. The van der Waals surface area contributed by atoms with Crippen molar-refractivity contribution in [3.05, 3.63) is 83.4 Å². The van der Waals surface area contributed by atoms with Crippen LogP contribution >= 0.6 is 0 Å². The molecule has 3 aromatic rings. The average Bonchev–Trinajstić information content (AvgIpc) is 3.01. The van der Waals surface area contributed by atoms with Crippen molar-refractivity contribution < 1.29 is 9.53 Å². The molecule has 1 N–H and O–H groups in total. The molecule has 0 unspecified atom stereocenters. The maximum Gasteiger partial charge on any atom is 0.321 e. The van der Waals surface area contributed by atoms with Crippen molar-refractivity contribution >= 4 is 23.2 Å². The summed E-state index contributed by atoms with van der Waals surface area (Å²) in [6, 6.07) is 22.1. The highest BCUT2D eigenvalue weighted by Gasteiger charge is 2.27. The molecule has 0 saturated carbocycles. The number of aliphatic imine (C=N–C) groups is 1. The van der Waals surface area contributed by atoms with E-state index < -0.39 is 0 Å². The van der Waals surface area contributed by atoms with Gasteiger partial charge in [0.15, 0.2) is 5.75 Å². The molecule has 34 heavy (non-hydrogen) atoms. The van der Waals surface area contributed by atoms with Crippen LogP contribution in [0.5, 0.6) is 11.5 Å². The first-order valence-electron chi connectivity index (χ1n) is 11.9. The molecule has 3 aromatic carbocycles. The van der Waals surface area contributed by atoms with Crippen molar-refractivity contribution in [2.24, 2.45) is 4.99 Å². The summed E-state index contributed by atoms with van der Waals surface area (Å²) >= 11 is 0. The van der Waals surface area contributed by atoms with Crippen LogP contribution < -0.4 is 10.1 Å². The predicted octanol–water partition coefficient (Wildman–Crippen LogP) is 6.15. The second-order valence-corrected chi connectivity index (χ2v) is 9.19. The number of aryl methyl sites for hydroxylation is 1. The van der Waals surface area contributed by atoms with Gasteiger partial charge in [-0.05, 0) is 60.4 Å². The number of piperazine rings is 1. The minimum atomic E-state index is -0.0655. The third-order valence-electron chi connectivity index (χ3n) is 6.38. The van der Waals surface area contributed by atoms with Gasteiger partial charge in [0, 0.05) is 31.9 Å². The topological polar surface area (TPSA) is 57.2 Å². The molecular formula is C28H30N4O2. The fraction of sp³-hybridized carbons (Fsp3) is 0.286. The first kappa shape index (κ1) is 22.0. The van der Waals surface area contributed by atoms with E-state index in [1.165, 1.54) is 5.56 Å². The van der Waals surface area contributed by atoms with Gasteiger partial charge in [0.2, 0.25) is 0 Å². The fourth-order valence-corrected chi connectivity index (χ4v) is 4.34. The quantitative estimate of drug-likeness (QED) is 0.505. The predicted molar refractivity (Wildman–Crippen MR) is 137 cm³/mol. The summed E-state index contributed by atoms with van der Waals surface area (Å²) in [5.74, 6) is 2.93. The molecule has 0 spiro atoms. The number of nitrogens with zero attached hydrogens (tertiary/aromatic N) is 3. The van der Waals surface area contributed by atoms with Gasteiger partial charge >= 0.3 is 6.03 Å². The SMILES string of the molecule is Cc1ccc2c(c1)Oc1ccccc1C(N1CCN(C(=O)Nc3ccc(C(C)C)cc3)CC1)=N2. The van der Waals surface area contributed by atoms with Crippen LogP contribution in [0.15, 0.2) is 71.7 Å². The summed E-state index contributed by atoms with van der Waals surface area (Å²) in [5.41, 5.74) is 5.01. The van der Waals surface area contributed by atoms with Crippen LogP contribution in [0.1, 0.15) is 36.5 Å². The van der Waals surface area contributed by atoms with Crippen LogP contribution in [0.2, 0.25) is 0 Å². The monoisotopic (exact) mass is 454 g/mol. The molecule has 0 radical (unpaired) electrons. The lowest BCUT2D eigenvalue weighted by Gasteiger charge is -2.36. The number of para-hydroxylation sites is 1.